The Balaban J connectivity index is 1.43. The molecule has 1 fully saturated rings. The van der Waals surface area contributed by atoms with Crippen LogP contribution in [0.15, 0.2) is 91.3 Å². The maximum atomic E-state index is 12.8. The average molecular weight is 540 g/mol. The lowest BCUT2D eigenvalue weighted by Gasteiger charge is -2.29. The Bertz CT molecular complexity index is 1470. The number of benzene rings is 2. The molecule has 1 aliphatic rings. The number of ether oxygens (including phenoxy) is 1. The second-order valence-electron chi connectivity index (χ2n) is 9.33. The van der Waals surface area contributed by atoms with Gasteiger partial charge in [-0.1, -0.05) is 23.8 Å². The molecule has 39 heavy (non-hydrogen) atoms. The van der Waals surface area contributed by atoms with Crippen LogP contribution in [0.5, 0.6) is 0 Å². The lowest BCUT2D eigenvalue weighted by atomic mass is 10.0. The minimum Gasteiger partial charge on any atom is -0.465 e. The summed E-state index contributed by atoms with van der Waals surface area (Å²) in [6.45, 7) is 2.43. The smallest absolute Gasteiger partial charge is 0.337 e. The van der Waals surface area contributed by atoms with E-state index in [1.165, 1.54) is 7.11 Å². The summed E-state index contributed by atoms with van der Waals surface area (Å²) in [5.41, 5.74) is 5.09. The number of aromatic nitrogens is 2. The molecule has 1 amide bonds. The molecule has 1 saturated heterocycles. The maximum absolute atomic E-state index is 12.8. The second kappa shape index (κ2) is 11.5. The Morgan fingerprint density at radius 1 is 1.03 bits per heavy atom. The summed E-state index contributed by atoms with van der Waals surface area (Å²) in [5.74, 6) is -0.472. The number of carbonyl (C=O) groups is 2. The maximum Gasteiger partial charge on any atom is 0.337 e. The first-order valence-electron chi connectivity index (χ1n) is 12.6. The molecule has 0 saturated carbocycles. The first kappa shape index (κ1) is 26.1. The average Bonchev–Trinajstić information content (AvgIpc) is 3.57. The van der Waals surface area contributed by atoms with Crippen molar-refractivity contribution in [1.82, 2.24) is 19.8 Å². The fraction of sp³-hybridized carbons (Fsp3) is 0.200. The molecule has 2 N–H and O–H groups in total. The number of nitrogens with one attached hydrogen (secondary N) is 2. The van der Waals surface area contributed by atoms with Gasteiger partial charge in [0.25, 0.3) is 0 Å². The molecule has 3 heterocycles. The summed E-state index contributed by atoms with van der Waals surface area (Å²) in [7, 11) is 1.36. The molecular formula is C30H29N5O3S. The van der Waals surface area contributed by atoms with Crippen LogP contribution in [0.3, 0.4) is 0 Å². The summed E-state index contributed by atoms with van der Waals surface area (Å²) in [6.07, 6.45) is 4.00. The SMILES string of the molecule is COC(=O)c1ccc(-n2cccc2[C@@H]2[C@H](c3ccccn3)NC(=S)N2CCC(=O)Nc2ccc(C)cc2)cc1. The number of rotatable bonds is 8. The topological polar surface area (TPSA) is 88.5 Å². The van der Waals surface area contributed by atoms with Crippen molar-refractivity contribution in [3.05, 3.63) is 114 Å². The molecule has 198 valence electrons. The van der Waals surface area contributed by atoms with Crippen LogP contribution >= 0.6 is 12.2 Å². The fourth-order valence-corrected chi connectivity index (χ4v) is 5.13. The third-order valence-electron chi connectivity index (χ3n) is 6.76. The van der Waals surface area contributed by atoms with Crippen molar-refractivity contribution in [2.75, 3.05) is 19.0 Å². The first-order chi connectivity index (χ1) is 18.9. The number of methoxy groups -OCH3 is 1. The molecule has 0 radical (unpaired) electrons. The Kier molecular flexibility index (Phi) is 7.69. The summed E-state index contributed by atoms with van der Waals surface area (Å²) >= 11 is 5.78. The van der Waals surface area contributed by atoms with Gasteiger partial charge < -0.3 is 24.8 Å². The number of esters is 1. The van der Waals surface area contributed by atoms with Crippen molar-refractivity contribution < 1.29 is 14.3 Å². The van der Waals surface area contributed by atoms with E-state index in [0.717, 1.165) is 28.3 Å². The van der Waals surface area contributed by atoms with Gasteiger partial charge in [-0.3, -0.25) is 9.78 Å². The molecule has 2 atom stereocenters. The highest BCUT2D eigenvalue weighted by molar-refractivity contribution is 7.80. The van der Waals surface area contributed by atoms with Crippen LogP contribution in [0, 0.1) is 6.92 Å². The Morgan fingerprint density at radius 2 is 1.79 bits per heavy atom. The van der Waals surface area contributed by atoms with Crippen LogP contribution in [0.4, 0.5) is 5.69 Å². The molecular weight excluding hydrogens is 510 g/mol. The van der Waals surface area contributed by atoms with Gasteiger partial charge >= 0.3 is 5.97 Å². The van der Waals surface area contributed by atoms with Crippen molar-refractivity contribution in [3.8, 4) is 5.69 Å². The van der Waals surface area contributed by atoms with Crippen LogP contribution in [0.1, 0.15) is 45.8 Å². The highest BCUT2D eigenvalue weighted by Gasteiger charge is 2.41. The molecule has 8 nitrogen and oxygen atoms in total. The number of anilines is 1. The van der Waals surface area contributed by atoms with Gasteiger partial charge in [0.05, 0.1) is 30.5 Å². The third-order valence-corrected chi connectivity index (χ3v) is 7.12. The molecule has 1 aliphatic heterocycles. The Morgan fingerprint density at radius 3 is 2.49 bits per heavy atom. The largest absolute Gasteiger partial charge is 0.465 e. The van der Waals surface area contributed by atoms with E-state index in [-0.39, 0.29) is 30.4 Å². The van der Waals surface area contributed by atoms with E-state index in [2.05, 4.69) is 25.1 Å². The Hall–Kier alpha value is -4.50. The van der Waals surface area contributed by atoms with Crippen LogP contribution in [-0.4, -0.2) is 45.1 Å². The van der Waals surface area contributed by atoms with E-state index in [1.807, 2.05) is 79.9 Å². The second-order valence-corrected chi connectivity index (χ2v) is 9.71. The van der Waals surface area contributed by atoms with Gasteiger partial charge in [-0.05, 0) is 79.8 Å². The summed E-state index contributed by atoms with van der Waals surface area (Å²) in [4.78, 5) is 31.4. The molecule has 0 spiro atoms. The molecule has 0 bridgehead atoms. The van der Waals surface area contributed by atoms with E-state index >= 15 is 0 Å². The third kappa shape index (κ3) is 5.68. The number of hydrogen-bond donors (Lipinski definition) is 2. The van der Waals surface area contributed by atoms with E-state index < -0.39 is 0 Å². The summed E-state index contributed by atoms with van der Waals surface area (Å²) in [5, 5.41) is 6.97. The van der Waals surface area contributed by atoms with Crippen molar-refractivity contribution in [3.63, 3.8) is 0 Å². The van der Waals surface area contributed by atoms with Crippen molar-refractivity contribution in [2.45, 2.75) is 25.4 Å². The van der Waals surface area contributed by atoms with Gasteiger partial charge in [0.1, 0.15) is 0 Å². The zero-order valence-electron chi connectivity index (χ0n) is 21.7. The quantitative estimate of drug-likeness (QED) is 0.241. The zero-order valence-corrected chi connectivity index (χ0v) is 22.5. The number of pyridine rings is 1. The van der Waals surface area contributed by atoms with E-state index in [1.54, 1.807) is 18.3 Å². The normalized spacial score (nSPS) is 16.6. The molecule has 2 aromatic carbocycles. The van der Waals surface area contributed by atoms with Crippen molar-refractivity contribution in [2.24, 2.45) is 0 Å². The minimum atomic E-state index is -0.384. The number of amides is 1. The van der Waals surface area contributed by atoms with Crippen molar-refractivity contribution >= 4 is 34.9 Å². The fourth-order valence-electron chi connectivity index (χ4n) is 4.80. The monoisotopic (exact) mass is 539 g/mol. The van der Waals surface area contributed by atoms with Crippen LogP contribution in [-0.2, 0) is 9.53 Å². The molecule has 4 aromatic rings. The molecule has 0 aliphatic carbocycles. The number of hydrogen-bond acceptors (Lipinski definition) is 5. The lowest BCUT2D eigenvalue weighted by molar-refractivity contribution is -0.116. The number of aryl methyl sites for hydroxylation is 1. The van der Waals surface area contributed by atoms with Gasteiger partial charge in [-0.25, -0.2) is 4.79 Å². The molecule has 5 rings (SSSR count). The number of thiocarbonyl (C=S) groups is 1. The first-order valence-corrected chi connectivity index (χ1v) is 13.1. The molecule has 2 aromatic heterocycles. The minimum absolute atomic E-state index is 0.0875. The summed E-state index contributed by atoms with van der Waals surface area (Å²) < 4.78 is 6.90. The van der Waals surface area contributed by atoms with Crippen LogP contribution < -0.4 is 10.6 Å². The number of nitrogens with zero attached hydrogens (tertiary/aromatic N) is 3. The van der Waals surface area contributed by atoms with Gasteiger partial charge in [-0.15, -0.1) is 0 Å². The van der Waals surface area contributed by atoms with E-state index in [0.29, 0.717) is 17.2 Å². The van der Waals surface area contributed by atoms with Gasteiger partial charge in [0.2, 0.25) is 5.91 Å². The van der Waals surface area contributed by atoms with Crippen molar-refractivity contribution in [1.29, 1.82) is 0 Å². The Labute approximate surface area is 232 Å². The van der Waals surface area contributed by atoms with E-state index in [9.17, 15) is 9.59 Å². The summed E-state index contributed by atoms with van der Waals surface area (Å²) in [6, 6.07) is 24.3. The highest BCUT2D eigenvalue weighted by Crippen LogP contribution is 2.39. The predicted octanol–water partition coefficient (Wildman–Crippen LogP) is 4.97. The van der Waals surface area contributed by atoms with E-state index in [4.69, 9.17) is 17.0 Å². The van der Waals surface area contributed by atoms with Gasteiger partial charge in [0.15, 0.2) is 5.11 Å². The van der Waals surface area contributed by atoms with Gasteiger partial charge in [-0.2, -0.15) is 0 Å². The lowest BCUT2D eigenvalue weighted by Crippen LogP contribution is -2.33. The zero-order chi connectivity index (χ0) is 27.4. The molecule has 0 unspecified atom stereocenters. The number of carbonyl (C=O) groups excluding carboxylic acids is 2. The standard InChI is InChI=1S/C30H29N5O3S/c1-20-8-12-22(13-9-20)32-26(36)16-19-35-28(27(33-30(35)39)24-6-3-4-17-31-24)25-7-5-18-34(25)23-14-10-21(11-15-23)29(37)38-2/h3-15,17-18,27-28H,16,19H2,1-2H3,(H,32,36)(H,33,39)/t27-,28+/m0/s1. The van der Waals surface area contributed by atoms with Crippen LogP contribution in [0.25, 0.3) is 5.69 Å². The molecule has 9 heteroatoms. The highest BCUT2D eigenvalue weighted by atomic mass is 32.1. The predicted molar refractivity (Wildman–Crippen MR) is 154 cm³/mol. The van der Waals surface area contributed by atoms with Crippen LogP contribution in [0.2, 0.25) is 0 Å². The van der Waals surface area contributed by atoms with Gasteiger partial charge in [0, 0.05) is 42.4 Å².